The van der Waals surface area contributed by atoms with Gasteiger partial charge in [0.2, 0.25) is 5.78 Å². The zero-order valence-electron chi connectivity index (χ0n) is 12.3. The highest BCUT2D eigenvalue weighted by atomic mass is 19.1. The van der Waals surface area contributed by atoms with Crippen LogP contribution in [0.4, 0.5) is 4.39 Å². The van der Waals surface area contributed by atoms with Gasteiger partial charge in [0, 0.05) is 5.56 Å². The third-order valence-electron chi connectivity index (χ3n) is 3.27. The first-order valence-corrected chi connectivity index (χ1v) is 7.15. The molecule has 0 spiro atoms. The Kier molecular flexibility index (Phi) is 5.09. The van der Waals surface area contributed by atoms with E-state index in [1.165, 1.54) is 29.8 Å². The molecule has 0 N–H and O–H groups in total. The minimum absolute atomic E-state index is 0.160. The van der Waals surface area contributed by atoms with E-state index in [0.717, 1.165) is 12.8 Å². The summed E-state index contributed by atoms with van der Waals surface area (Å²) in [6.45, 7) is 3.83. The number of ether oxygens (including phenoxy) is 1. The number of aryl methyl sites for hydroxylation is 1. The van der Waals surface area contributed by atoms with Gasteiger partial charge in [0.15, 0.2) is 6.10 Å². The Bertz CT molecular complexity index is 588. The predicted molar refractivity (Wildman–Crippen MR) is 81.3 cm³/mol. The molecule has 3 heteroatoms. The summed E-state index contributed by atoms with van der Waals surface area (Å²) in [4.78, 5) is 12.2. The van der Waals surface area contributed by atoms with E-state index >= 15 is 0 Å². The van der Waals surface area contributed by atoms with Crippen LogP contribution in [0.1, 0.15) is 36.2 Å². The average molecular weight is 286 g/mol. The molecule has 2 aromatic carbocycles. The molecule has 2 rings (SSSR count). The summed E-state index contributed by atoms with van der Waals surface area (Å²) in [7, 11) is 0. The van der Waals surface area contributed by atoms with Crippen molar-refractivity contribution >= 4 is 5.78 Å². The van der Waals surface area contributed by atoms with Crippen LogP contribution in [-0.2, 0) is 6.42 Å². The molecular formula is C18H19FO2. The molecule has 0 aliphatic carbocycles. The van der Waals surface area contributed by atoms with Crippen LogP contribution in [0.2, 0.25) is 0 Å². The van der Waals surface area contributed by atoms with E-state index in [-0.39, 0.29) is 11.6 Å². The van der Waals surface area contributed by atoms with Crippen molar-refractivity contribution in [2.75, 3.05) is 0 Å². The zero-order chi connectivity index (χ0) is 15.2. The molecule has 0 saturated heterocycles. The number of benzene rings is 2. The minimum Gasteiger partial charge on any atom is -0.483 e. The second-order valence-corrected chi connectivity index (χ2v) is 5.03. The van der Waals surface area contributed by atoms with Gasteiger partial charge in [-0.2, -0.15) is 0 Å². The highest BCUT2D eigenvalue weighted by Crippen LogP contribution is 2.17. The van der Waals surface area contributed by atoms with E-state index < -0.39 is 6.10 Å². The number of hydrogen-bond acceptors (Lipinski definition) is 2. The lowest BCUT2D eigenvalue weighted by atomic mass is 10.1. The van der Waals surface area contributed by atoms with Crippen LogP contribution in [0, 0.1) is 5.82 Å². The third kappa shape index (κ3) is 4.15. The molecule has 0 bridgehead atoms. The monoisotopic (exact) mass is 286 g/mol. The molecule has 21 heavy (non-hydrogen) atoms. The predicted octanol–water partition coefficient (Wildman–Crippen LogP) is 4.43. The van der Waals surface area contributed by atoms with Gasteiger partial charge in [-0.1, -0.05) is 25.5 Å². The molecule has 2 aromatic rings. The van der Waals surface area contributed by atoms with Crippen LogP contribution in [-0.4, -0.2) is 11.9 Å². The lowest BCUT2D eigenvalue weighted by Gasteiger charge is -2.14. The van der Waals surface area contributed by atoms with Gasteiger partial charge in [-0.25, -0.2) is 4.39 Å². The molecule has 110 valence electrons. The fourth-order valence-corrected chi connectivity index (χ4v) is 2.13. The maximum Gasteiger partial charge on any atom is 0.202 e. The van der Waals surface area contributed by atoms with Gasteiger partial charge >= 0.3 is 0 Å². The fraction of sp³-hybridized carbons (Fsp3) is 0.278. The van der Waals surface area contributed by atoms with Crippen LogP contribution < -0.4 is 4.74 Å². The van der Waals surface area contributed by atoms with Crippen molar-refractivity contribution in [2.24, 2.45) is 0 Å². The summed E-state index contributed by atoms with van der Waals surface area (Å²) in [5.41, 5.74) is 1.70. The van der Waals surface area contributed by atoms with Crippen LogP contribution in [0.5, 0.6) is 5.75 Å². The summed E-state index contributed by atoms with van der Waals surface area (Å²) >= 11 is 0. The number of carbonyl (C=O) groups excluding carboxylic acids is 1. The molecule has 0 aliphatic rings. The standard InChI is InChI=1S/C18H19FO2/c1-3-4-14-5-11-17(12-6-14)21-13(2)18(20)15-7-9-16(19)10-8-15/h5-13H,3-4H2,1-2H3. The minimum atomic E-state index is -0.604. The van der Waals surface area contributed by atoms with E-state index in [4.69, 9.17) is 4.74 Å². The maximum absolute atomic E-state index is 12.9. The van der Waals surface area contributed by atoms with Crippen molar-refractivity contribution in [2.45, 2.75) is 32.8 Å². The summed E-state index contributed by atoms with van der Waals surface area (Å²) in [6.07, 6.45) is 1.52. The van der Waals surface area contributed by atoms with E-state index in [1.807, 2.05) is 24.3 Å². The quantitative estimate of drug-likeness (QED) is 0.734. The second-order valence-electron chi connectivity index (χ2n) is 5.03. The Labute approximate surface area is 124 Å². The van der Waals surface area contributed by atoms with Crippen molar-refractivity contribution < 1.29 is 13.9 Å². The van der Waals surface area contributed by atoms with Crippen LogP contribution in [0.15, 0.2) is 48.5 Å². The summed E-state index contributed by atoms with van der Waals surface area (Å²) in [5, 5.41) is 0. The molecule has 0 saturated carbocycles. The van der Waals surface area contributed by atoms with Gasteiger partial charge in [0.1, 0.15) is 11.6 Å². The molecule has 0 aromatic heterocycles. The lowest BCUT2D eigenvalue weighted by molar-refractivity contribution is 0.0818. The SMILES string of the molecule is CCCc1ccc(OC(C)C(=O)c2ccc(F)cc2)cc1. The summed E-state index contributed by atoms with van der Waals surface area (Å²) in [6, 6.07) is 13.3. The third-order valence-corrected chi connectivity index (χ3v) is 3.27. The van der Waals surface area contributed by atoms with Crippen molar-refractivity contribution in [3.8, 4) is 5.75 Å². The molecular weight excluding hydrogens is 267 g/mol. The Morgan fingerprint density at radius 1 is 1.10 bits per heavy atom. The van der Waals surface area contributed by atoms with E-state index in [0.29, 0.717) is 11.3 Å². The number of hydrogen-bond donors (Lipinski definition) is 0. The van der Waals surface area contributed by atoms with Crippen molar-refractivity contribution in [1.29, 1.82) is 0 Å². The van der Waals surface area contributed by atoms with Crippen LogP contribution in [0.25, 0.3) is 0 Å². The number of halogens is 1. The van der Waals surface area contributed by atoms with Gasteiger partial charge in [-0.15, -0.1) is 0 Å². The van der Waals surface area contributed by atoms with E-state index in [9.17, 15) is 9.18 Å². The smallest absolute Gasteiger partial charge is 0.202 e. The van der Waals surface area contributed by atoms with E-state index in [2.05, 4.69) is 6.92 Å². The van der Waals surface area contributed by atoms with Gasteiger partial charge < -0.3 is 4.74 Å². The van der Waals surface area contributed by atoms with Crippen molar-refractivity contribution in [3.05, 3.63) is 65.5 Å². The first-order valence-electron chi connectivity index (χ1n) is 7.15. The van der Waals surface area contributed by atoms with Crippen molar-refractivity contribution in [1.82, 2.24) is 0 Å². The van der Waals surface area contributed by atoms with Gasteiger partial charge in [0.25, 0.3) is 0 Å². The maximum atomic E-state index is 12.9. The molecule has 2 nitrogen and oxygen atoms in total. The highest BCUT2D eigenvalue weighted by molar-refractivity contribution is 5.99. The largest absolute Gasteiger partial charge is 0.483 e. The summed E-state index contributed by atoms with van der Waals surface area (Å²) in [5.74, 6) is 0.150. The Morgan fingerprint density at radius 2 is 1.71 bits per heavy atom. The average Bonchev–Trinajstić information content (AvgIpc) is 2.49. The van der Waals surface area contributed by atoms with Crippen molar-refractivity contribution in [3.63, 3.8) is 0 Å². The van der Waals surface area contributed by atoms with Gasteiger partial charge in [-0.3, -0.25) is 4.79 Å². The molecule has 0 fully saturated rings. The lowest BCUT2D eigenvalue weighted by Crippen LogP contribution is -2.23. The fourth-order valence-electron chi connectivity index (χ4n) is 2.13. The van der Waals surface area contributed by atoms with Gasteiger partial charge in [0.05, 0.1) is 0 Å². The van der Waals surface area contributed by atoms with Crippen LogP contribution in [0.3, 0.4) is 0 Å². The number of rotatable bonds is 6. The highest BCUT2D eigenvalue weighted by Gasteiger charge is 2.16. The van der Waals surface area contributed by atoms with Crippen LogP contribution >= 0.6 is 0 Å². The molecule has 1 unspecified atom stereocenters. The molecule has 0 heterocycles. The Balaban J connectivity index is 2.01. The zero-order valence-corrected chi connectivity index (χ0v) is 12.3. The van der Waals surface area contributed by atoms with Gasteiger partial charge in [-0.05, 0) is 55.3 Å². The first-order chi connectivity index (χ1) is 10.1. The molecule has 0 aliphatic heterocycles. The summed E-state index contributed by atoms with van der Waals surface area (Å²) < 4.78 is 18.5. The second kappa shape index (κ2) is 7.02. The number of ketones is 1. The Morgan fingerprint density at radius 3 is 2.29 bits per heavy atom. The molecule has 0 radical (unpaired) electrons. The number of carbonyl (C=O) groups is 1. The topological polar surface area (TPSA) is 26.3 Å². The first kappa shape index (κ1) is 15.2. The Hall–Kier alpha value is -2.16. The molecule has 1 atom stereocenters. The number of Topliss-reactive ketones (excluding diaryl/α,β-unsaturated/α-hetero) is 1. The molecule has 0 amide bonds. The van der Waals surface area contributed by atoms with E-state index in [1.54, 1.807) is 6.92 Å². The normalized spacial score (nSPS) is 12.0.